The number of halogens is 2. The molecule has 0 spiro atoms. The van der Waals surface area contributed by atoms with Crippen LogP contribution < -0.4 is 0 Å². The molecular weight excluding hydrogens is 98.1 g/mol. The molecule has 0 bridgehead atoms. The minimum Gasteiger partial charge on any atom is -0.244 e. The van der Waals surface area contributed by atoms with Gasteiger partial charge in [0.1, 0.15) is 11.8 Å². The van der Waals surface area contributed by atoms with Crippen LogP contribution in [0.4, 0.5) is 8.78 Å². The van der Waals surface area contributed by atoms with E-state index in [9.17, 15) is 8.78 Å². The summed E-state index contributed by atoms with van der Waals surface area (Å²) >= 11 is 0. The molecule has 0 aliphatic heterocycles. The normalized spacial score (nSPS) is 51.0. The van der Waals surface area contributed by atoms with Crippen molar-refractivity contribution in [2.75, 3.05) is 0 Å². The van der Waals surface area contributed by atoms with Gasteiger partial charge in [0, 0.05) is 0 Å². The molecule has 0 radical (unpaired) electrons. The molecule has 0 N–H and O–H groups in total. The molecule has 1 saturated carbocycles. The summed E-state index contributed by atoms with van der Waals surface area (Å²) in [6.07, 6.45) is -0.381. The lowest BCUT2D eigenvalue weighted by molar-refractivity contribution is -0.0217. The van der Waals surface area contributed by atoms with Crippen molar-refractivity contribution in [3.8, 4) is 0 Å². The summed E-state index contributed by atoms with van der Waals surface area (Å²) in [7, 11) is 0. The molecule has 0 aromatic carbocycles. The van der Waals surface area contributed by atoms with Gasteiger partial charge in [-0.3, -0.25) is 0 Å². The minimum absolute atomic E-state index is 0.397. The quantitative estimate of drug-likeness (QED) is 0.442. The first kappa shape index (κ1) is 5.01. The molecular formula is C5H8F2. The second kappa shape index (κ2) is 1.17. The predicted molar refractivity (Wildman–Crippen MR) is 23.6 cm³/mol. The summed E-state index contributed by atoms with van der Waals surface area (Å²) in [5.74, 6) is 0. The average molecular weight is 106 g/mol. The molecule has 0 nitrogen and oxygen atoms in total. The van der Waals surface area contributed by atoms with Crippen LogP contribution >= 0.6 is 0 Å². The Balaban J connectivity index is 2.43. The van der Waals surface area contributed by atoms with Gasteiger partial charge in [0.05, 0.1) is 0 Å². The van der Waals surface area contributed by atoms with Gasteiger partial charge >= 0.3 is 0 Å². The van der Waals surface area contributed by atoms with Crippen LogP contribution in [0.3, 0.4) is 0 Å². The lowest BCUT2D eigenvalue weighted by Crippen LogP contribution is -2.41. The number of alkyl halides is 2. The fourth-order valence-electron chi connectivity index (χ4n) is 0.651. The van der Waals surface area contributed by atoms with E-state index in [1.54, 1.807) is 0 Å². The highest BCUT2D eigenvalue weighted by atomic mass is 19.2. The summed E-state index contributed by atoms with van der Waals surface area (Å²) in [5, 5.41) is 0. The fraction of sp³-hybridized carbons (Fsp3) is 1.00. The Morgan fingerprint density at radius 2 is 2.14 bits per heavy atom. The molecule has 0 amide bonds. The number of rotatable bonds is 0. The zero-order valence-electron chi connectivity index (χ0n) is 4.25. The van der Waals surface area contributed by atoms with E-state index in [0.29, 0.717) is 12.8 Å². The van der Waals surface area contributed by atoms with Gasteiger partial charge in [-0.05, 0) is 19.8 Å². The summed E-state index contributed by atoms with van der Waals surface area (Å²) in [6.45, 7) is 1.31. The van der Waals surface area contributed by atoms with Gasteiger partial charge in [0.25, 0.3) is 0 Å². The van der Waals surface area contributed by atoms with Crippen molar-refractivity contribution < 1.29 is 8.78 Å². The molecule has 1 aliphatic rings. The van der Waals surface area contributed by atoms with E-state index in [4.69, 9.17) is 0 Å². The van der Waals surface area contributed by atoms with Crippen LogP contribution in [-0.4, -0.2) is 11.8 Å². The monoisotopic (exact) mass is 106 g/mol. The number of hydrogen-bond acceptors (Lipinski definition) is 0. The second-order valence-corrected chi connectivity index (χ2v) is 2.28. The van der Waals surface area contributed by atoms with Crippen molar-refractivity contribution in [1.82, 2.24) is 0 Å². The molecule has 0 aromatic heterocycles. The number of hydrogen-bond donors (Lipinski definition) is 0. The summed E-state index contributed by atoms with van der Waals surface area (Å²) in [6, 6.07) is 0. The van der Waals surface area contributed by atoms with E-state index in [1.807, 2.05) is 0 Å². The molecule has 2 atom stereocenters. The maximum atomic E-state index is 12.2. The van der Waals surface area contributed by atoms with Crippen molar-refractivity contribution in [1.29, 1.82) is 0 Å². The SMILES string of the molecule is CC1(F)CCC1F. The summed E-state index contributed by atoms with van der Waals surface area (Å²) in [4.78, 5) is 0. The van der Waals surface area contributed by atoms with E-state index in [1.165, 1.54) is 6.92 Å². The Labute approximate surface area is 41.5 Å². The summed E-state index contributed by atoms with van der Waals surface area (Å²) in [5.41, 5.74) is -1.49. The Hall–Kier alpha value is -0.140. The van der Waals surface area contributed by atoms with Crippen LogP contribution in [0.2, 0.25) is 0 Å². The van der Waals surface area contributed by atoms with Crippen LogP contribution in [0.15, 0.2) is 0 Å². The van der Waals surface area contributed by atoms with Crippen molar-refractivity contribution in [2.24, 2.45) is 0 Å². The third-order valence-corrected chi connectivity index (χ3v) is 1.54. The van der Waals surface area contributed by atoms with E-state index in [-0.39, 0.29) is 0 Å². The van der Waals surface area contributed by atoms with Crippen molar-refractivity contribution >= 4 is 0 Å². The van der Waals surface area contributed by atoms with Gasteiger partial charge in [0.15, 0.2) is 0 Å². The van der Waals surface area contributed by atoms with Crippen LogP contribution in [0.5, 0.6) is 0 Å². The minimum atomic E-state index is -1.49. The molecule has 1 rings (SSSR count). The molecule has 0 aromatic rings. The second-order valence-electron chi connectivity index (χ2n) is 2.28. The fourth-order valence-corrected chi connectivity index (χ4v) is 0.651. The van der Waals surface area contributed by atoms with E-state index >= 15 is 0 Å². The molecule has 1 fully saturated rings. The largest absolute Gasteiger partial charge is 0.244 e. The first-order chi connectivity index (χ1) is 3.13. The van der Waals surface area contributed by atoms with E-state index in [2.05, 4.69) is 0 Å². The first-order valence-electron chi connectivity index (χ1n) is 2.46. The lowest BCUT2D eigenvalue weighted by Gasteiger charge is -2.33. The van der Waals surface area contributed by atoms with Gasteiger partial charge in [-0.2, -0.15) is 0 Å². The lowest BCUT2D eigenvalue weighted by atomic mass is 9.82. The zero-order chi connectivity index (χ0) is 5.49. The average Bonchev–Trinajstić information content (AvgIpc) is 1.63. The van der Waals surface area contributed by atoms with Crippen molar-refractivity contribution in [2.45, 2.75) is 31.6 Å². The van der Waals surface area contributed by atoms with Gasteiger partial charge in [0.2, 0.25) is 0 Å². The molecule has 2 heteroatoms. The Kier molecular flexibility index (Phi) is 0.839. The highest BCUT2D eigenvalue weighted by Crippen LogP contribution is 2.37. The van der Waals surface area contributed by atoms with Crippen LogP contribution in [0.1, 0.15) is 19.8 Å². The third-order valence-electron chi connectivity index (χ3n) is 1.54. The highest BCUT2D eigenvalue weighted by Gasteiger charge is 2.43. The first-order valence-corrected chi connectivity index (χ1v) is 2.46. The molecule has 1 aliphatic carbocycles. The summed E-state index contributed by atoms with van der Waals surface area (Å²) < 4.78 is 24.1. The van der Waals surface area contributed by atoms with Crippen molar-refractivity contribution in [3.63, 3.8) is 0 Å². The standard InChI is InChI=1S/C5H8F2/c1-5(7)3-2-4(5)6/h4H,2-3H2,1H3. The maximum Gasteiger partial charge on any atom is 0.139 e. The molecule has 0 heterocycles. The van der Waals surface area contributed by atoms with Gasteiger partial charge < -0.3 is 0 Å². The van der Waals surface area contributed by atoms with Crippen LogP contribution in [0.25, 0.3) is 0 Å². The Morgan fingerprint density at radius 3 is 2.14 bits per heavy atom. The third kappa shape index (κ3) is 0.621. The zero-order valence-corrected chi connectivity index (χ0v) is 4.25. The molecule has 42 valence electrons. The highest BCUT2D eigenvalue weighted by molar-refractivity contribution is 4.92. The van der Waals surface area contributed by atoms with E-state index < -0.39 is 11.8 Å². The predicted octanol–water partition coefficient (Wildman–Crippen LogP) is 1.85. The van der Waals surface area contributed by atoms with E-state index in [0.717, 1.165) is 0 Å². The topological polar surface area (TPSA) is 0 Å². The maximum absolute atomic E-state index is 12.2. The van der Waals surface area contributed by atoms with Gasteiger partial charge in [-0.1, -0.05) is 0 Å². The Morgan fingerprint density at radius 1 is 1.71 bits per heavy atom. The Bertz CT molecular complexity index is 78.1. The smallest absolute Gasteiger partial charge is 0.139 e. The van der Waals surface area contributed by atoms with Crippen LogP contribution in [0, 0.1) is 0 Å². The van der Waals surface area contributed by atoms with Crippen LogP contribution in [-0.2, 0) is 0 Å². The molecule has 7 heavy (non-hydrogen) atoms. The molecule has 0 saturated heterocycles. The molecule has 2 unspecified atom stereocenters. The van der Waals surface area contributed by atoms with Gasteiger partial charge in [-0.25, -0.2) is 8.78 Å². The van der Waals surface area contributed by atoms with Gasteiger partial charge in [-0.15, -0.1) is 0 Å². The van der Waals surface area contributed by atoms with Crippen molar-refractivity contribution in [3.05, 3.63) is 0 Å².